The van der Waals surface area contributed by atoms with Crippen LogP contribution in [0, 0.1) is 11.5 Å². The quantitative estimate of drug-likeness (QED) is 0.547. The van der Waals surface area contributed by atoms with Gasteiger partial charge >= 0.3 is 0 Å². The molecule has 1 N–H and O–H groups in total. The summed E-state index contributed by atoms with van der Waals surface area (Å²) in [6, 6.07) is 10.1. The zero-order chi connectivity index (χ0) is 26.6. The number of nitrogens with zero attached hydrogens (tertiary/aromatic N) is 4. The molecule has 7 heteroatoms. The average molecular weight is 502 g/mol. The van der Waals surface area contributed by atoms with Crippen molar-refractivity contribution < 1.29 is 9.59 Å². The van der Waals surface area contributed by atoms with Gasteiger partial charge in [-0.2, -0.15) is 5.26 Å². The first-order valence-corrected chi connectivity index (χ1v) is 13.5. The van der Waals surface area contributed by atoms with Crippen LogP contribution in [0.5, 0.6) is 0 Å². The van der Waals surface area contributed by atoms with Crippen LogP contribution in [-0.2, 0) is 15.0 Å². The van der Waals surface area contributed by atoms with E-state index in [0.29, 0.717) is 17.7 Å². The summed E-state index contributed by atoms with van der Waals surface area (Å²) >= 11 is 0. The van der Waals surface area contributed by atoms with Gasteiger partial charge in [0, 0.05) is 35.7 Å². The van der Waals surface area contributed by atoms with E-state index in [0.717, 1.165) is 37.7 Å². The average Bonchev–Trinajstić information content (AvgIpc) is 3.27. The van der Waals surface area contributed by atoms with Gasteiger partial charge in [0.2, 0.25) is 5.91 Å². The molecule has 0 spiro atoms. The summed E-state index contributed by atoms with van der Waals surface area (Å²) in [5.74, 6) is -0.440. The Morgan fingerprint density at radius 3 is 2.38 bits per heavy atom. The first-order valence-electron chi connectivity index (χ1n) is 13.5. The molecule has 1 unspecified atom stereocenters. The van der Waals surface area contributed by atoms with E-state index in [-0.39, 0.29) is 29.3 Å². The number of pyridine rings is 1. The summed E-state index contributed by atoms with van der Waals surface area (Å²) in [4.78, 5) is 35.7. The van der Waals surface area contributed by atoms with Crippen LogP contribution >= 0.6 is 0 Å². The second kappa shape index (κ2) is 11.3. The van der Waals surface area contributed by atoms with Gasteiger partial charge in [-0.05, 0) is 61.8 Å². The fraction of sp³-hybridized carbons (Fsp3) is 0.533. The van der Waals surface area contributed by atoms with Crippen LogP contribution in [-0.4, -0.2) is 39.8 Å². The number of benzene rings is 1. The van der Waals surface area contributed by atoms with E-state index >= 15 is 0 Å². The molecule has 1 aromatic carbocycles. The highest BCUT2D eigenvalue weighted by Gasteiger charge is 2.42. The van der Waals surface area contributed by atoms with Crippen LogP contribution in [0.4, 0.5) is 5.69 Å². The molecule has 1 saturated heterocycles. The molecule has 2 amide bonds. The van der Waals surface area contributed by atoms with Crippen molar-refractivity contribution in [2.45, 2.75) is 102 Å². The van der Waals surface area contributed by atoms with Gasteiger partial charge in [-0.25, -0.2) is 0 Å². The molecule has 196 valence electrons. The molecule has 0 bridgehead atoms. The number of hydrogen-bond donors (Lipinski definition) is 1. The van der Waals surface area contributed by atoms with Crippen molar-refractivity contribution in [1.82, 2.24) is 15.2 Å². The monoisotopic (exact) mass is 501 g/mol. The molecule has 4 rings (SSSR count). The second-order valence-electron chi connectivity index (χ2n) is 11.5. The molecule has 1 aliphatic carbocycles. The molecule has 2 aliphatic rings. The molecular weight excluding hydrogens is 462 g/mol. The van der Waals surface area contributed by atoms with Crippen molar-refractivity contribution in [2.75, 3.05) is 4.90 Å². The van der Waals surface area contributed by atoms with Gasteiger partial charge in [0.15, 0.2) is 6.19 Å². The molecule has 37 heavy (non-hydrogen) atoms. The molecule has 2 fully saturated rings. The Balaban J connectivity index is 1.78. The van der Waals surface area contributed by atoms with Gasteiger partial charge in [-0.3, -0.25) is 24.4 Å². The third-order valence-electron chi connectivity index (χ3n) is 7.78. The summed E-state index contributed by atoms with van der Waals surface area (Å²) in [5, 5.41) is 13.1. The third-order valence-corrected chi connectivity index (χ3v) is 7.78. The highest BCUT2D eigenvalue weighted by molar-refractivity contribution is 6.04. The number of hydrogen-bond acceptors (Lipinski definition) is 5. The summed E-state index contributed by atoms with van der Waals surface area (Å²) in [6.45, 7) is 8.40. The van der Waals surface area contributed by atoms with Crippen molar-refractivity contribution in [2.24, 2.45) is 0 Å². The normalized spacial score (nSPS) is 21.2. The molecule has 3 atom stereocenters. The lowest BCUT2D eigenvalue weighted by Gasteiger charge is -2.36. The van der Waals surface area contributed by atoms with Gasteiger partial charge in [-0.1, -0.05) is 58.2 Å². The highest BCUT2D eigenvalue weighted by Crippen LogP contribution is 2.34. The van der Waals surface area contributed by atoms with Crippen LogP contribution < -0.4 is 10.2 Å². The number of carbonyl (C=O) groups is 2. The Morgan fingerprint density at radius 2 is 1.78 bits per heavy atom. The lowest BCUT2D eigenvalue weighted by molar-refractivity contribution is -0.128. The smallest absolute Gasteiger partial charge is 0.251 e. The largest absolute Gasteiger partial charge is 0.351 e. The zero-order valence-corrected chi connectivity index (χ0v) is 22.5. The van der Waals surface area contributed by atoms with E-state index < -0.39 is 12.1 Å². The predicted molar refractivity (Wildman–Crippen MR) is 145 cm³/mol. The van der Waals surface area contributed by atoms with Crippen LogP contribution in [0.3, 0.4) is 0 Å². The maximum Gasteiger partial charge on any atom is 0.251 e. The fourth-order valence-electron chi connectivity index (χ4n) is 5.56. The Bertz CT molecular complexity index is 1110. The van der Waals surface area contributed by atoms with E-state index in [2.05, 4.69) is 37.3 Å². The molecule has 2 aromatic rings. The molecule has 7 nitrogen and oxygen atoms in total. The van der Waals surface area contributed by atoms with Gasteiger partial charge in [0.1, 0.15) is 12.1 Å². The van der Waals surface area contributed by atoms with E-state index in [1.165, 1.54) is 6.42 Å². The van der Waals surface area contributed by atoms with E-state index in [9.17, 15) is 14.9 Å². The van der Waals surface area contributed by atoms with Crippen LogP contribution in [0.1, 0.15) is 89.8 Å². The third kappa shape index (κ3) is 5.95. The zero-order valence-electron chi connectivity index (χ0n) is 22.5. The minimum absolute atomic E-state index is 0.0167. The maximum atomic E-state index is 14.3. The Hall–Kier alpha value is -3.40. The minimum atomic E-state index is -0.889. The number of aromatic nitrogens is 1. The predicted octanol–water partition coefficient (Wildman–Crippen LogP) is 5.24. The van der Waals surface area contributed by atoms with Crippen molar-refractivity contribution in [3.8, 4) is 6.19 Å². The number of likely N-dealkylation sites (tertiary alicyclic amines) is 1. The van der Waals surface area contributed by atoms with Crippen LogP contribution in [0.15, 0.2) is 48.8 Å². The second-order valence-corrected chi connectivity index (χ2v) is 11.5. The SMILES string of the molecule is C[C@H]1CC[C@H](C(=O)N(c2ccc(C(C)(C)C)cc2)C(C(=O)NC2CCCCC2)c2cccnc2)N1C#N. The van der Waals surface area contributed by atoms with Crippen LogP contribution in [0.2, 0.25) is 0 Å². The number of amides is 2. The summed E-state index contributed by atoms with van der Waals surface area (Å²) in [7, 11) is 0. The van der Waals surface area contributed by atoms with Crippen molar-refractivity contribution >= 4 is 17.5 Å². The Kier molecular flexibility index (Phi) is 8.16. The summed E-state index contributed by atoms with van der Waals surface area (Å²) < 4.78 is 0. The van der Waals surface area contributed by atoms with Crippen LogP contribution in [0.25, 0.3) is 0 Å². The maximum absolute atomic E-state index is 14.3. The molecule has 1 aliphatic heterocycles. The van der Waals surface area contributed by atoms with Crippen molar-refractivity contribution in [1.29, 1.82) is 5.26 Å². The van der Waals surface area contributed by atoms with Gasteiger partial charge in [-0.15, -0.1) is 0 Å². The minimum Gasteiger partial charge on any atom is -0.351 e. The highest BCUT2D eigenvalue weighted by atomic mass is 16.2. The summed E-state index contributed by atoms with van der Waals surface area (Å²) in [6.07, 6.45) is 12.2. The fourth-order valence-corrected chi connectivity index (χ4v) is 5.56. The standard InChI is InChI=1S/C30H39N5O2/c1-21-12-17-26(34(21)20-31)29(37)35(25-15-13-23(14-16-25)30(2,3)4)27(22-9-8-18-32-19-22)28(36)33-24-10-6-5-7-11-24/h8-9,13-16,18-19,21,24,26-27H,5-7,10-12,17H2,1-4H3,(H,33,36)/t21-,26+,27?/m0/s1. The molecule has 0 radical (unpaired) electrons. The number of anilines is 1. The first kappa shape index (κ1) is 26.7. The van der Waals surface area contributed by atoms with Gasteiger partial charge in [0.05, 0.1) is 0 Å². The van der Waals surface area contributed by atoms with Crippen molar-refractivity contribution in [3.63, 3.8) is 0 Å². The molecular formula is C30H39N5O2. The Labute approximate surface area is 220 Å². The first-order chi connectivity index (χ1) is 17.7. The van der Waals surface area contributed by atoms with E-state index in [4.69, 9.17) is 0 Å². The molecule has 1 saturated carbocycles. The van der Waals surface area contributed by atoms with E-state index in [1.807, 2.05) is 37.3 Å². The number of rotatable bonds is 6. The lowest BCUT2D eigenvalue weighted by Crippen LogP contribution is -2.52. The lowest BCUT2D eigenvalue weighted by atomic mass is 9.87. The molecule has 2 heterocycles. The Morgan fingerprint density at radius 1 is 1.08 bits per heavy atom. The number of nitrogens with one attached hydrogen (secondary N) is 1. The van der Waals surface area contributed by atoms with E-state index in [1.54, 1.807) is 28.3 Å². The van der Waals surface area contributed by atoms with Gasteiger partial charge in [0.25, 0.3) is 5.91 Å². The topological polar surface area (TPSA) is 89.3 Å². The number of nitriles is 1. The summed E-state index contributed by atoms with van der Waals surface area (Å²) in [5.41, 5.74) is 2.38. The van der Waals surface area contributed by atoms with Gasteiger partial charge < -0.3 is 5.32 Å². The molecule has 1 aromatic heterocycles. The van der Waals surface area contributed by atoms with Crippen molar-refractivity contribution in [3.05, 3.63) is 59.9 Å². The number of carbonyl (C=O) groups excluding carboxylic acids is 2.